The Kier molecular flexibility index (Phi) is 3.86. The van der Waals surface area contributed by atoms with Gasteiger partial charge < -0.3 is 10.1 Å². The Hall–Kier alpha value is -2.43. The summed E-state index contributed by atoms with van der Waals surface area (Å²) in [4.78, 5) is 19.8. The van der Waals surface area contributed by atoms with Crippen molar-refractivity contribution >= 4 is 11.6 Å². The molecule has 2 aromatic rings. The summed E-state index contributed by atoms with van der Waals surface area (Å²) in [6, 6.07) is 6.87. The van der Waals surface area contributed by atoms with Gasteiger partial charge in [0.25, 0.3) is 5.91 Å². The van der Waals surface area contributed by atoms with Gasteiger partial charge in [-0.25, -0.2) is 4.98 Å². The summed E-state index contributed by atoms with van der Waals surface area (Å²) >= 11 is 0. The van der Waals surface area contributed by atoms with Gasteiger partial charge in [0, 0.05) is 18.5 Å². The number of pyridine rings is 2. The molecule has 0 fully saturated rings. The van der Waals surface area contributed by atoms with Gasteiger partial charge in [-0.3, -0.25) is 9.78 Å². The molecule has 5 nitrogen and oxygen atoms in total. The van der Waals surface area contributed by atoms with E-state index in [2.05, 4.69) is 15.3 Å². The van der Waals surface area contributed by atoms with Gasteiger partial charge >= 0.3 is 0 Å². The fourth-order valence-electron chi connectivity index (χ4n) is 1.39. The molecule has 0 spiro atoms. The van der Waals surface area contributed by atoms with Crippen LogP contribution in [0, 0.1) is 0 Å². The second kappa shape index (κ2) is 5.77. The lowest BCUT2D eigenvalue weighted by Crippen LogP contribution is -2.12. The average molecular weight is 243 g/mol. The van der Waals surface area contributed by atoms with Crippen LogP contribution in [-0.2, 0) is 0 Å². The van der Waals surface area contributed by atoms with Crippen LogP contribution in [0.1, 0.15) is 17.3 Å². The molecule has 0 aliphatic rings. The second-order valence-electron chi connectivity index (χ2n) is 3.51. The molecule has 0 radical (unpaired) electrons. The minimum Gasteiger partial charge on any atom is -0.478 e. The number of hydrogen-bond acceptors (Lipinski definition) is 4. The molecule has 0 aliphatic heterocycles. The van der Waals surface area contributed by atoms with Crippen molar-refractivity contribution in [2.75, 3.05) is 11.9 Å². The first-order valence-electron chi connectivity index (χ1n) is 5.60. The molecule has 1 amide bonds. The summed E-state index contributed by atoms with van der Waals surface area (Å²) in [6.07, 6.45) is 4.71. The van der Waals surface area contributed by atoms with E-state index in [1.54, 1.807) is 36.7 Å². The Morgan fingerprint density at radius 1 is 1.33 bits per heavy atom. The average Bonchev–Trinajstić information content (AvgIpc) is 2.41. The summed E-state index contributed by atoms with van der Waals surface area (Å²) < 4.78 is 5.21. The van der Waals surface area contributed by atoms with Crippen molar-refractivity contribution in [3.8, 4) is 5.88 Å². The minimum atomic E-state index is -0.224. The number of hydrogen-bond donors (Lipinski definition) is 1. The van der Waals surface area contributed by atoms with E-state index in [1.807, 2.05) is 6.92 Å². The predicted molar refractivity (Wildman–Crippen MR) is 67.6 cm³/mol. The maximum absolute atomic E-state index is 11.9. The lowest BCUT2D eigenvalue weighted by Gasteiger charge is -2.05. The monoisotopic (exact) mass is 243 g/mol. The van der Waals surface area contributed by atoms with Crippen molar-refractivity contribution in [3.05, 3.63) is 48.4 Å². The Labute approximate surface area is 105 Å². The van der Waals surface area contributed by atoms with Crippen molar-refractivity contribution in [2.24, 2.45) is 0 Å². The number of amides is 1. The van der Waals surface area contributed by atoms with Crippen LogP contribution in [0.15, 0.2) is 42.9 Å². The third-order valence-corrected chi connectivity index (χ3v) is 2.21. The molecule has 0 aliphatic carbocycles. The van der Waals surface area contributed by atoms with Crippen LogP contribution in [0.3, 0.4) is 0 Å². The lowest BCUT2D eigenvalue weighted by atomic mass is 10.2. The molecule has 0 saturated carbocycles. The lowest BCUT2D eigenvalue weighted by molar-refractivity contribution is 0.102. The van der Waals surface area contributed by atoms with E-state index in [-0.39, 0.29) is 5.91 Å². The molecule has 0 atom stereocenters. The van der Waals surface area contributed by atoms with Crippen LogP contribution in [-0.4, -0.2) is 22.5 Å². The van der Waals surface area contributed by atoms with Crippen LogP contribution in [0.25, 0.3) is 0 Å². The highest BCUT2D eigenvalue weighted by atomic mass is 16.5. The van der Waals surface area contributed by atoms with Crippen LogP contribution in [0.2, 0.25) is 0 Å². The number of anilines is 1. The smallest absolute Gasteiger partial charge is 0.257 e. The molecule has 1 N–H and O–H groups in total. The molecule has 0 bridgehead atoms. The van der Waals surface area contributed by atoms with E-state index < -0.39 is 0 Å². The van der Waals surface area contributed by atoms with Crippen molar-refractivity contribution in [2.45, 2.75) is 6.92 Å². The summed E-state index contributed by atoms with van der Waals surface area (Å²) in [7, 11) is 0. The third-order valence-electron chi connectivity index (χ3n) is 2.21. The van der Waals surface area contributed by atoms with Gasteiger partial charge in [0.1, 0.15) is 0 Å². The topological polar surface area (TPSA) is 64.1 Å². The van der Waals surface area contributed by atoms with Crippen LogP contribution in [0.4, 0.5) is 5.69 Å². The van der Waals surface area contributed by atoms with Gasteiger partial charge in [0.2, 0.25) is 5.88 Å². The van der Waals surface area contributed by atoms with E-state index in [4.69, 9.17) is 4.74 Å². The predicted octanol–water partition coefficient (Wildman–Crippen LogP) is 2.13. The number of carbonyl (C=O) groups excluding carboxylic acids is 1. The Bertz CT molecular complexity index is 512. The van der Waals surface area contributed by atoms with Crippen molar-refractivity contribution in [1.29, 1.82) is 0 Å². The highest BCUT2D eigenvalue weighted by molar-refractivity contribution is 6.03. The molecule has 5 heteroatoms. The zero-order valence-corrected chi connectivity index (χ0v) is 9.96. The summed E-state index contributed by atoms with van der Waals surface area (Å²) in [5, 5.41) is 2.73. The normalized spacial score (nSPS) is 9.83. The number of carbonyl (C=O) groups is 1. The van der Waals surface area contributed by atoms with Gasteiger partial charge in [-0.15, -0.1) is 0 Å². The standard InChI is InChI=1S/C13H13N3O2/c1-2-18-12-6-5-10(8-15-12)13(17)16-11-4-3-7-14-9-11/h3-9H,2H2,1H3,(H,16,17). The maximum atomic E-state index is 11.9. The zero-order valence-electron chi connectivity index (χ0n) is 9.96. The number of rotatable bonds is 4. The van der Waals surface area contributed by atoms with E-state index in [1.165, 1.54) is 6.20 Å². The third kappa shape index (κ3) is 3.04. The van der Waals surface area contributed by atoms with E-state index in [9.17, 15) is 4.79 Å². The maximum Gasteiger partial charge on any atom is 0.257 e. The number of aromatic nitrogens is 2. The molecule has 18 heavy (non-hydrogen) atoms. The largest absolute Gasteiger partial charge is 0.478 e. The fourth-order valence-corrected chi connectivity index (χ4v) is 1.39. The first kappa shape index (κ1) is 12.0. The Morgan fingerprint density at radius 2 is 2.22 bits per heavy atom. The van der Waals surface area contributed by atoms with E-state index in [0.29, 0.717) is 23.7 Å². The molecular weight excluding hydrogens is 230 g/mol. The number of nitrogens with zero attached hydrogens (tertiary/aromatic N) is 2. The first-order valence-corrected chi connectivity index (χ1v) is 5.60. The van der Waals surface area contributed by atoms with Crippen LogP contribution < -0.4 is 10.1 Å². The molecule has 2 aromatic heterocycles. The number of ether oxygens (including phenoxy) is 1. The molecule has 2 heterocycles. The van der Waals surface area contributed by atoms with Crippen molar-refractivity contribution in [3.63, 3.8) is 0 Å². The van der Waals surface area contributed by atoms with Crippen LogP contribution in [0.5, 0.6) is 5.88 Å². The van der Waals surface area contributed by atoms with Gasteiger partial charge in [-0.1, -0.05) is 0 Å². The fraction of sp³-hybridized carbons (Fsp3) is 0.154. The van der Waals surface area contributed by atoms with Gasteiger partial charge in [0.15, 0.2) is 0 Å². The molecule has 0 aromatic carbocycles. The Morgan fingerprint density at radius 3 is 2.83 bits per heavy atom. The zero-order chi connectivity index (χ0) is 12.8. The van der Waals surface area contributed by atoms with E-state index >= 15 is 0 Å². The Balaban J connectivity index is 2.05. The molecule has 0 unspecified atom stereocenters. The molecule has 92 valence electrons. The summed E-state index contributed by atoms with van der Waals surface area (Å²) in [5.41, 5.74) is 1.12. The van der Waals surface area contributed by atoms with E-state index in [0.717, 1.165) is 0 Å². The number of nitrogens with one attached hydrogen (secondary N) is 1. The molecular formula is C13H13N3O2. The highest BCUT2D eigenvalue weighted by Gasteiger charge is 2.06. The molecule has 0 saturated heterocycles. The van der Waals surface area contributed by atoms with Crippen LogP contribution >= 0.6 is 0 Å². The quantitative estimate of drug-likeness (QED) is 0.893. The summed E-state index contributed by atoms with van der Waals surface area (Å²) in [5.74, 6) is 0.286. The van der Waals surface area contributed by atoms with Gasteiger partial charge in [-0.05, 0) is 25.1 Å². The first-order chi connectivity index (χ1) is 8.79. The minimum absolute atomic E-state index is 0.224. The van der Waals surface area contributed by atoms with Gasteiger partial charge in [0.05, 0.1) is 24.1 Å². The summed E-state index contributed by atoms with van der Waals surface area (Å²) in [6.45, 7) is 2.43. The SMILES string of the molecule is CCOc1ccc(C(=O)Nc2cccnc2)cn1. The molecule has 2 rings (SSSR count). The second-order valence-corrected chi connectivity index (χ2v) is 3.51. The van der Waals surface area contributed by atoms with Crippen molar-refractivity contribution in [1.82, 2.24) is 9.97 Å². The van der Waals surface area contributed by atoms with Gasteiger partial charge in [-0.2, -0.15) is 0 Å². The van der Waals surface area contributed by atoms with Crippen molar-refractivity contribution < 1.29 is 9.53 Å². The highest BCUT2D eigenvalue weighted by Crippen LogP contribution is 2.10.